The molecule has 1 aromatic rings. The summed E-state index contributed by atoms with van der Waals surface area (Å²) in [6.07, 6.45) is 0.381. The predicted octanol–water partition coefficient (Wildman–Crippen LogP) is 3.08. The number of hydrogen-bond donors (Lipinski definition) is 2. The Balaban J connectivity index is 2.69. The van der Waals surface area contributed by atoms with Gasteiger partial charge in [-0.15, -0.1) is 0 Å². The van der Waals surface area contributed by atoms with Gasteiger partial charge >= 0.3 is 0 Å². The van der Waals surface area contributed by atoms with Gasteiger partial charge in [0.1, 0.15) is 5.82 Å². The summed E-state index contributed by atoms with van der Waals surface area (Å²) in [7, 11) is 1.62. The SMILES string of the molecule is COCCNCCC(C)(O)c1ccc(Br)c(Cl)c1F. The molecule has 0 spiro atoms. The molecule has 1 unspecified atom stereocenters. The van der Waals surface area contributed by atoms with Crippen molar-refractivity contribution in [1.82, 2.24) is 5.32 Å². The fourth-order valence-corrected chi connectivity index (χ4v) is 2.18. The van der Waals surface area contributed by atoms with Crippen LogP contribution in [0.3, 0.4) is 0 Å². The predicted molar refractivity (Wildman–Crippen MR) is 78.0 cm³/mol. The van der Waals surface area contributed by atoms with Crippen molar-refractivity contribution >= 4 is 27.5 Å². The Hall–Kier alpha value is -0.200. The van der Waals surface area contributed by atoms with Crippen molar-refractivity contribution in [3.05, 3.63) is 33.0 Å². The molecule has 6 heteroatoms. The molecular weight excluding hydrogens is 337 g/mol. The third-order valence-electron chi connectivity index (χ3n) is 2.89. The third kappa shape index (κ3) is 4.68. The van der Waals surface area contributed by atoms with Crippen LogP contribution in [-0.2, 0) is 10.3 Å². The maximum absolute atomic E-state index is 14.0. The highest BCUT2D eigenvalue weighted by molar-refractivity contribution is 9.10. The zero-order valence-electron chi connectivity index (χ0n) is 11.0. The summed E-state index contributed by atoms with van der Waals surface area (Å²) in [6, 6.07) is 3.17. The van der Waals surface area contributed by atoms with Crippen molar-refractivity contribution in [2.45, 2.75) is 18.9 Å². The molecule has 0 heterocycles. The van der Waals surface area contributed by atoms with E-state index in [1.807, 2.05) is 0 Å². The standard InChI is InChI=1S/C13H18BrClFNO2/c1-13(18,5-6-17-7-8-19-2)9-3-4-10(14)11(15)12(9)16/h3-4,17-18H,5-8H2,1-2H3. The first kappa shape index (κ1) is 16.9. The number of benzene rings is 1. The van der Waals surface area contributed by atoms with E-state index < -0.39 is 11.4 Å². The minimum absolute atomic E-state index is 0.00915. The average molecular weight is 355 g/mol. The highest BCUT2D eigenvalue weighted by atomic mass is 79.9. The fourth-order valence-electron chi connectivity index (χ4n) is 1.71. The number of methoxy groups -OCH3 is 1. The number of hydrogen-bond acceptors (Lipinski definition) is 3. The van der Waals surface area contributed by atoms with Gasteiger partial charge in [-0.25, -0.2) is 4.39 Å². The van der Waals surface area contributed by atoms with E-state index in [0.717, 1.165) is 0 Å². The molecule has 19 heavy (non-hydrogen) atoms. The summed E-state index contributed by atoms with van der Waals surface area (Å²) < 4.78 is 19.4. The van der Waals surface area contributed by atoms with Gasteiger partial charge in [0.2, 0.25) is 0 Å². The minimum atomic E-state index is -1.27. The molecule has 0 amide bonds. The summed E-state index contributed by atoms with van der Waals surface area (Å²) in [5.74, 6) is -0.585. The molecule has 0 aliphatic rings. The lowest BCUT2D eigenvalue weighted by Gasteiger charge is -2.25. The lowest BCUT2D eigenvalue weighted by atomic mass is 9.92. The van der Waals surface area contributed by atoms with E-state index in [1.54, 1.807) is 26.2 Å². The van der Waals surface area contributed by atoms with Crippen LogP contribution in [0.1, 0.15) is 18.9 Å². The van der Waals surface area contributed by atoms with Gasteiger partial charge in [-0.05, 0) is 41.9 Å². The van der Waals surface area contributed by atoms with E-state index in [1.165, 1.54) is 0 Å². The molecule has 0 bridgehead atoms. The Morgan fingerprint density at radius 3 is 2.79 bits per heavy atom. The molecule has 3 nitrogen and oxygen atoms in total. The van der Waals surface area contributed by atoms with Crippen LogP contribution >= 0.6 is 27.5 Å². The second-order valence-corrected chi connectivity index (χ2v) is 5.72. The Bertz CT molecular complexity index is 429. The zero-order valence-corrected chi connectivity index (χ0v) is 13.3. The first-order chi connectivity index (χ1) is 8.90. The van der Waals surface area contributed by atoms with Crippen LogP contribution in [0.25, 0.3) is 0 Å². The van der Waals surface area contributed by atoms with Crippen LogP contribution in [0.15, 0.2) is 16.6 Å². The van der Waals surface area contributed by atoms with E-state index in [4.69, 9.17) is 16.3 Å². The van der Waals surface area contributed by atoms with Crippen LogP contribution in [-0.4, -0.2) is 31.9 Å². The Morgan fingerprint density at radius 1 is 1.47 bits per heavy atom. The maximum atomic E-state index is 14.0. The molecule has 108 valence electrons. The fraction of sp³-hybridized carbons (Fsp3) is 0.538. The van der Waals surface area contributed by atoms with Crippen LogP contribution in [0.4, 0.5) is 4.39 Å². The molecule has 0 aromatic heterocycles. The van der Waals surface area contributed by atoms with E-state index in [2.05, 4.69) is 21.2 Å². The van der Waals surface area contributed by atoms with E-state index >= 15 is 0 Å². The normalized spacial score (nSPS) is 14.4. The smallest absolute Gasteiger partial charge is 0.149 e. The lowest BCUT2D eigenvalue weighted by Crippen LogP contribution is -2.30. The van der Waals surface area contributed by atoms with Crippen molar-refractivity contribution in [3.63, 3.8) is 0 Å². The molecule has 1 rings (SSSR count). The van der Waals surface area contributed by atoms with Crippen molar-refractivity contribution in [1.29, 1.82) is 0 Å². The Morgan fingerprint density at radius 2 is 2.16 bits per heavy atom. The third-order valence-corrected chi connectivity index (χ3v) is 4.15. The van der Waals surface area contributed by atoms with Gasteiger partial charge in [0.25, 0.3) is 0 Å². The maximum Gasteiger partial charge on any atom is 0.149 e. The summed E-state index contributed by atoms with van der Waals surface area (Å²) >= 11 is 8.97. The lowest BCUT2D eigenvalue weighted by molar-refractivity contribution is 0.0438. The number of rotatable bonds is 7. The molecule has 0 radical (unpaired) electrons. The molecular formula is C13H18BrClFNO2. The number of aliphatic hydroxyl groups is 1. The largest absolute Gasteiger partial charge is 0.385 e. The molecule has 0 aliphatic carbocycles. The van der Waals surface area contributed by atoms with Crippen molar-refractivity contribution in [3.8, 4) is 0 Å². The summed E-state index contributed by atoms with van der Waals surface area (Å²) in [5, 5.41) is 13.5. The molecule has 0 saturated carbocycles. The highest BCUT2D eigenvalue weighted by Gasteiger charge is 2.27. The van der Waals surface area contributed by atoms with Gasteiger partial charge < -0.3 is 15.2 Å². The zero-order chi connectivity index (χ0) is 14.5. The highest BCUT2D eigenvalue weighted by Crippen LogP contribution is 2.34. The topological polar surface area (TPSA) is 41.5 Å². The first-order valence-electron chi connectivity index (χ1n) is 5.96. The monoisotopic (exact) mass is 353 g/mol. The van der Waals surface area contributed by atoms with Gasteiger partial charge in [0.15, 0.2) is 0 Å². The first-order valence-corrected chi connectivity index (χ1v) is 7.13. The van der Waals surface area contributed by atoms with Gasteiger partial charge in [-0.3, -0.25) is 0 Å². The van der Waals surface area contributed by atoms with E-state index in [0.29, 0.717) is 30.6 Å². The minimum Gasteiger partial charge on any atom is -0.385 e. The van der Waals surface area contributed by atoms with Crippen LogP contribution in [0.2, 0.25) is 5.02 Å². The second kappa shape index (κ2) is 7.55. The van der Waals surface area contributed by atoms with Gasteiger partial charge in [0, 0.05) is 23.7 Å². The number of nitrogens with one attached hydrogen (secondary N) is 1. The molecule has 0 saturated heterocycles. The number of ether oxygens (including phenoxy) is 1. The Kier molecular flexibility index (Phi) is 6.69. The molecule has 1 atom stereocenters. The quantitative estimate of drug-likeness (QED) is 0.584. The Labute approximate surface area is 126 Å². The average Bonchev–Trinajstić information content (AvgIpc) is 2.35. The van der Waals surface area contributed by atoms with Crippen molar-refractivity contribution in [2.24, 2.45) is 0 Å². The van der Waals surface area contributed by atoms with Gasteiger partial charge in [-0.1, -0.05) is 17.7 Å². The summed E-state index contributed by atoms with van der Waals surface area (Å²) in [5.41, 5.74) is -1.07. The summed E-state index contributed by atoms with van der Waals surface area (Å²) in [6.45, 7) is 3.42. The molecule has 0 fully saturated rings. The summed E-state index contributed by atoms with van der Waals surface area (Å²) in [4.78, 5) is 0. The number of halogens is 3. The second-order valence-electron chi connectivity index (χ2n) is 4.49. The van der Waals surface area contributed by atoms with Crippen LogP contribution in [0.5, 0.6) is 0 Å². The van der Waals surface area contributed by atoms with Gasteiger partial charge in [0.05, 0.1) is 17.2 Å². The van der Waals surface area contributed by atoms with E-state index in [-0.39, 0.29) is 10.6 Å². The molecule has 1 aromatic carbocycles. The van der Waals surface area contributed by atoms with Gasteiger partial charge in [-0.2, -0.15) is 0 Å². The molecule has 0 aliphatic heterocycles. The van der Waals surface area contributed by atoms with Crippen LogP contribution < -0.4 is 5.32 Å². The van der Waals surface area contributed by atoms with Crippen molar-refractivity contribution < 1.29 is 14.2 Å². The van der Waals surface area contributed by atoms with E-state index in [9.17, 15) is 9.50 Å². The van der Waals surface area contributed by atoms with Crippen LogP contribution in [0, 0.1) is 5.82 Å². The van der Waals surface area contributed by atoms with Crippen molar-refractivity contribution in [2.75, 3.05) is 26.8 Å². The molecule has 2 N–H and O–H groups in total.